The van der Waals surface area contributed by atoms with E-state index in [0.29, 0.717) is 6.54 Å². The summed E-state index contributed by atoms with van der Waals surface area (Å²) >= 11 is 0. The Morgan fingerprint density at radius 2 is 2.00 bits per heavy atom. The van der Waals surface area contributed by atoms with Crippen molar-refractivity contribution >= 4 is 22.8 Å². The fourth-order valence-electron chi connectivity index (χ4n) is 3.28. The first-order valence-corrected chi connectivity index (χ1v) is 8.10. The summed E-state index contributed by atoms with van der Waals surface area (Å²) in [6.45, 7) is 2.13. The van der Waals surface area contributed by atoms with Gasteiger partial charge in [-0.15, -0.1) is 0 Å². The molecule has 0 saturated carbocycles. The van der Waals surface area contributed by atoms with Crippen LogP contribution in [-0.2, 0) is 28.9 Å². The zero-order valence-corrected chi connectivity index (χ0v) is 13.3. The molecule has 0 aliphatic heterocycles. The third-order valence-corrected chi connectivity index (χ3v) is 4.38. The van der Waals surface area contributed by atoms with Gasteiger partial charge in [-0.2, -0.15) is 0 Å². The maximum atomic E-state index is 12.4. The van der Waals surface area contributed by atoms with Crippen LogP contribution >= 0.6 is 0 Å². The van der Waals surface area contributed by atoms with Gasteiger partial charge in [0.15, 0.2) is 0 Å². The van der Waals surface area contributed by atoms with Crippen molar-refractivity contribution in [3.8, 4) is 0 Å². The fraction of sp³-hybridized carbons (Fsp3) is 0.444. The molecule has 0 radical (unpaired) electrons. The van der Waals surface area contributed by atoms with E-state index >= 15 is 0 Å². The molecule has 1 amide bonds. The molecule has 3 rings (SSSR count). The Hall–Kier alpha value is -2.30. The van der Waals surface area contributed by atoms with Crippen molar-refractivity contribution in [2.75, 3.05) is 13.1 Å². The Morgan fingerprint density at radius 3 is 2.70 bits per heavy atom. The van der Waals surface area contributed by atoms with Gasteiger partial charge in [0, 0.05) is 17.5 Å². The molecule has 0 fully saturated rings. The largest absolute Gasteiger partial charge is 0.480 e. The monoisotopic (exact) mass is 315 g/mol. The van der Waals surface area contributed by atoms with Gasteiger partial charge >= 0.3 is 5.97 Å². The number of aryl methyl sites for hydroxylation is 2. The average Bonchev–Trinajstić information content (AvgIpc) is 3.11. The van der Waals surface area contributed by atoms with Gasteiger partial charge in [-0.25, -0.2) is 0 Å². The molecule has 5 nitrogen and oxygen atoms in total. The Bertz CT molecular complexity index is 747. The molecule has 0 unspecified atom stereocenters. The highest BCUT2D eigenvalue weighted by Gasteiger charge is 2.20. The van der Waals surface area contributed by atoms with E-state index in [4.69, 9.17) is 9.52 Å². The number of carboxylic acid groups (broad SMARTS) is 1. The molecule has 122 valence electrons. The van der Waals surface area contributed by atoms with Gasteiger partial charge in [0.1, 0.15) is 12.1 Å². The Balaban J connectivity index is 1.83. The lowest BCUT2D eigenvalue weighted by Crippen LogP contribution is -2.37. The number of amides is 1. The van der Waals surface area contributed by atoms with Crippen LogP contribution in [0.3, 0.4) is 0 Å². The van der Waals surface area contributed by atoms with Crippen LogP contribution in [0.15, 0.2) is 22.8 Å². The molecule has 0 atom stereocenters. The summed E-state index contributed by atoms with van der Waals surface area (Å²) in [5, 5.41) is 9.93. The number of hydrogen-bond acceptors (Lipinski definition) is 3. The zero-order chi connectivity index (χ0) is 16.4. The normalized spacial score (nSPS) is 13.3. The molecular formula is C18H21NO4. The standard InChI is InChI=1S/C18H21NO4/c1-2-6-19(10-18(21)22)17(20)9-14-11-23-16-8-13-5-3-4-12(13)7-15(14)16/h7-8,11H,2-6,9-10H2,1H3,(H,21,22). The molecule has 1 aliphatic carbocycles. The Kier molecular flexibility index (Phi) is 4.37. The second-order valence-corrected chi connectivity index (χ2v) is 6.12. The van der Waals surface area contributed by atoms with Crippen LogP contribution in [0.4, 0.5) is 0 Å². The highest BCUT2D eigenvalue weighted by Crippen LogP contribution is 2.30. The lowest BCUT2D eigenvalue weighted by Gasteiger charge is -2.19. The topological polar surface area (TPSA) is 70.8 Å². The van der Waals surface area contributed by atoms with Crippen molar-refractivity contribution in [2.24, 2.45) is 0 Å². The van der Waals surface area contributed by atoms with E-state index in [1.54, 1.807) is 6.26 Å². The smallest absolute Gasteiger partial charge is 0.323 e. The van der Waals surface area contributed by atoms with Crippen molar-refractivity contribution in [1.82, 2.24) is 4.90 Å². The zero-order valence-electron chi connectivity index (χ0n) is 13.3. The van der Waals surface area contributed by atoms with Crippen LogP contribution in [0.5, 0.6) is 0 Å². The molecule has 0 bridgehead atoms. The van der Waals surface area contributed by atoms with Crippen LogP contribution < -0.4 is 0 Å². The van der Waals surface area contributed by atoms with E-state index in [1.165, 1.54) is 22.4 Å². The van der Waals surface area contributed by atoms with E-state index < -0.39 is 5.97 Å². The van der Waals surface area contributed by atoms with Crippen LogP contribution in [0.25, 0.3) is 11.0 Å². The van der Waals surface area contributed by atoms with Crippen molar-refractivity contribution in [3.05, 3.63) is 35.1 Å². The van der Waals surface area contributed by atoms with Gasteiger partial charge in [0.25, 0.3) is 0 Å². The van der Waals surface area contributed by atoms with Crippen LogP contribution in [0.1, 0.15) is 36.5 Å². The first kappa shape index (κ1) is 15.6. The highest BCUT2D eigenvalue weighted by molar-refractivity contribution is 5.89. The second-order valence-electron chi connectivity index (χ2n) is 6.12. The van der Waals surface area contributed by atoms with Gasteiger partial charge in [0.2, 0.25) is 5.91 Å². The highest BCUT2D eigenvalue weighted by atomic mass is 16.4. The van der Waals surface area contributed by atoms with Gasteiger partial charge in [-0.1, -0.05) is 6.92 Å². The number of carbonyl (C=O) groups is 2. The quantitative estimate of drug-likeness (QED) is 0.890. The Morgan fingerprint density at radius 1 is 1.26 bits per heavy atom. The molecule has 1 heterocycles. The number of nitrogens with zero attached hydrogens (tertiary/aromatic N) is 1. The predicted octanol–water partition coefficient (Wildman–Crippen LogP) is 2.79. The first-order chi connectivity index (χ1) is 11.1. The molecule has 1 N–H and O–H groups in total. The SMILES string of the molecule is CCCN(CC(=O)O)C(=O)Cc1coc2cc3c(cc12)CCC3. The molecule has 23 heavy (non-hydrogen) atoms. The third-order valence-electron chi connectivity index (χ3n) is 4.38. The summed E-state index contributed by atoms with van der Waals surface area (Å²) < 4.78 is 5.61. The summed E-state index contributed by atoms with van der Waals surface area (Å²) in [5.41, 5.74) is 4.33. The lowest BCUT2D eigenvalue weighted by atomic mass is 10.0. The summed E-state index contributed by atoms with van der Waals surface area (Å²) in [4.78, 5) is 24.8. The number of hydrogen-bond donors (Lipinski definition) is 1. The fourth-order valence-corrected chi connectivity index (χ4v) is 3.28. The molecular weight excluding hydrogens is 294 g/mol. The van der Waals surface area contributed by atoms with Crippen molar-refractivity contribution in [2.45, 2.75) is 39.0 Å². The van der Waals surface area contributed by atoms with Gasteiger partial charge in [-0.3, -0.25) is 9.59 Å². The average molecular weight is 315 g/mol. The number of carboxylic acids is 1. The van der Waals surface area contributed by atoms with Crippen molar-refractivity contribution in [1.29, 1.82) is 0 Å². The first-order valence-electron chi connectivity index (χ1n) is 8.10. The molecule has 2 aromatic rings. The van der Waals surface area contributed by atoms with Crippen molar-refractivity contribution in [3.63, 3.8) is 0 Å². The summed E-state index contributed by atoms with van der Waals surface area (Å²) in [7, 11) is 0. The molecule has 1 aromatic heterocycles. The number of carbonyl (C=O) groups excluding carboxylic acids is 1. The number of rotatable bonds is 6. The maximum absolute atomic E-state index is 12.4. The van der Waals surface area contributed by atoms with Crippen LogP contribution in [-0.4, -0.2) is 35.0 Å². The summed E-state index contributed by atoms with van der Waals surface area (Å²) in [6, 6.07) is 4.21. The summed E-state index contributed by atoms with van der Waals surface area (Å²) in [5.74, 6) is -1.15. The van der Waals surface area contributed by atoms with Gasteiger partial charge < -0.3 is 14.4 Å². The number of benzene rings is 1. The minimum absolute atomic E-state index is 0.169. The Labute approximate surface area is 134 Å². The summed E-state index contributed by atoms with van der Waals surface area (Å²) in [6.07, 6.45) is 5.87. The van der Waals surface area contributed by atoms with E-state index in [9.17, 15) is 9.59 Å². The minimum atomic E-state index is -0.985. The van der Waals surface area contributed by atoms with Gasteiger partial charge in [0.05, 0.1) is 12.7 Å². The maximum Gasteiger partial charge on any atom is 0.323 e. The number of aliphatic carboxylic acids is 1. The second kappa shape index (κ2) is 6.44. The lowest BCUT2D eigenvalue weighted by molar-refractivity contribution is -0.144. The predicted molar refractivity (Wildman–Crippen MR) is 86.4 cm³/mol. The van der Waals surface area contributed by atoms with E-state index in [-0.39, 0.29) is 18.9 Å². The van der Waals surface area contributed by atoms with Crippen LogP contribution in [0, 0.1) is 0 Å². The van der Waals surface area contributed by atoms with Crippen LogP contribution in [0.2, 0.25) is 0 Å². The molecule has 1 aliphatic rings. The third kappa shape index (κ3) is 3.23. The molecule has 0 spiro atoms. The van der Waals surface area contributed by atoms with E-state index in [1.807, 2.05) is 6.92 Å². The van der Waals surface area contributed by atoms with E-state index in [0.717, 1.165) is 35.8 Å². The minimum Gasteiger partial charge on any atom is -0.480 e. The van der Waals surface area contributed by atoms with Crippen molar-refractivity contribution < 1.29 is 19.1 Å². The number of furan rings is 1. The molecule has 1 aromatic carbocycles. The molecule has 5 heteroatoms. The molecule has 0 saturated heterocycles. The number of fused-ring (bicyclic) bond motifs is 2. The van der Waals surface area contributed by atoms with Gasteiger partial charge in [-0.05, 0) is 48.9 Å². The van der Waals surface area contributed by atoms with E-state index in [2.05, 4.69) is 12.1 Å².